The van der Waals surface area contributed by atoms with Gasteiger partial charge in [-0.1, -0.05) is 30.3 Å². The van der Waals surface area contributed by atoms with Gasteiger partial charge in [0.1, 0.15) is 17.3 Å². The molecule has 0 radical (unpaired) electrons. The number of nitrogen functional groups attached to an aromatic ring is 2. The van der Waals surface area contributed by atoms with E-state index in [-0.39, 0.29) is 23.8 Å². The first kappa shape index (κ1) is 21.8. The number of nitrogens with one attached hydrogen (secondary N) is 2. The highest BCUT2D eigenvalue weighted by Crippen LogP contribution is 2.33. The van der Waals surface area contributed by atoms with Gasteiger partial charge in [-0.15, -0.1) is 0 Å². The van der Waals surface area contributed by atoms with Crippen molar-refractivity contribution in [3.05, 3.63) is 58.4 Å². The Morgan fingerprint density at radius 3 is 2.68 bits per heavy atom. The van der Waals surface area contributed by atoms with Gasteiger partial charge in [-0.05, 0) is 35.7 Å². The van der Waals surface area contributed by atoms with Gasteiger partial charge in [0.2, 0.25) is 0 Å². The number of aliphatic carboxylic acids is 1. The molecule has 3 aromatic rings. The molecule has 1 aromatic heterocycles. The number of nitrogens with zero attached hydrogens (tertiary/aromatic N) is 1. The van der Waals surface area contributed by atoms with E-state index in [1.165, 1.54) is 0 Å². The summed E-state index contributed by atoms with van der Waals surface area (Å²) < 4.78 is 5.76. The second kappa shape index (κ2) is 9.28. The van der Waals surface area contributed by atoms with Gasteiger partial charge in [0.25, 0.3) is 5.56 Å². The second-order valence-corrected chi connectivity index (χ2v) is 6.72. The van der Waals surface area contributed by atoms with Crippen molar-refractivity contribution >= 4 is 17.5 Å². The van der Waals surface area contributed by atoms with Crippen LogP contribution in [0.1, 0.15) is 12.5 Å². The number of aromatic nitrogens is 2. The fourth-order valence-electron chi connectivity index (χ4n) is 3.08. The monoisotopic (exact) mass is 425 g/mol. The van der Waals surface area contributed by atoms with Crippen molar-refractivity contribution in [2.24, 2.45) is 5.84 Å². The molecule has 0 saturated heterocycles. The third-order valence-corrected chi connectivity index (χ3v) is 4.60. The zero-order chi connectivity index (χ0) is 22.5. The summed E-state index contributed by atoms with van der Waals surface area (Å²) in [6, 6.07) is 12.5. The van der Waals surface area contributed by atoms with E-state index in [0.717, 1.165) is 11.1 Å². The minimum absolute atomic E-state index is 0.00889. The number of carboxylic acids is 1. The molecule has 0 spiro atoms. The average molecular weight is 425 g/mol. The predicted octanol–water partition coefficient (Wildman–Crippen LogP) is 1.36. The lowest BCUT2D eigenvalue weighted by Gasteiger charge is -2.14. The maximum atomic E-state index is 12.1. The fourth-order valence-corrected chi connectivity index (χ4v) is 3.08. The van der Waals surface area contributed by atoms with Crippen LogP contribution in [0, 0.1) is 0 Å². The Bertz CT molecular complexity index is 1160. The normalized spacial score (nSPS) is 11.7. The van der Waals surface area contributed by atoms with Crippen molar-refractivity contribution in [3.63, 3.8) is 0 Å². The van der Waals surface area contributed by atoms with Gasteiger partial charge in [0, 0.05) is 6.42 Å². The standard InChI is InChI=1S/C21H23N5O5/c1-2-31-16-10-13(12-5-3-4-11(8-12)9-15(27)21(29)30)6-7-14(16)18-24-19(26-23)17(22)20(28)25-18/h3-8,10,15,27H,2,9,22-23H2,1H3,(H,29,30)(H2,24,25,26,28). The molecule has 0 fully saturated rings. The molecule has 2 aromatic carbocycles. The van der Waals surface area contributed by atoms with Gasteiger partial charge in [0.15, 0.2) is 11.9 Å². The molecule has 3 rings (SSSR count). The van der Waals surface area contributed by atoms with Crippen molar-refractivity contribution in [3.8, 4) is 28.3 Å². The van der Waals surface area contributed by atoms with Crippen LogP contribution in [0.5, 0.6) is 5.75 Å². The number of H-pyrrole nitrogens is 1. The van der Waals surface area contributed by atoms with Crippen LogP contribution in [0.3, 0.4) is 0 Å². The number of anilines is 2. The van der Waals surface area contributed by atoms with Crippen LogP contribution in [0.15, 0.2) is 47.3 Å². The number of carbonyl (C=O) groups is 1. The first-order valence-electron chi connectivity index (χ1n) is 9.47. The smallest absolute Gasteiger partial charge is 0.332 e. The largest absolute Gasteiger partial charge is 0.493 e. The molecule has 0 aliphatic carbocycles. The van der Waals surface area contributed by atoms with E-state index < -0.39 is 17.6 Å². The number of hydrogen-bond acceptors (Lipinski definition) is 8. The summed E-state index contributed by atoms with van der Waals surface area (Å²) in [5.41, 5.74) is 10.1. The van der Waals surface area contributed by atoms with E-state index in [2.05, 4.69) is 15.4 Å². The third kappa shape index (κ3) is 4.82. The molecule has 0 aliphatic heterocycles. The number of hydrazine groups is 1. The zero-order valence-corrected chi connectivity index (χ0v) is 16.8. The van der Waals surface area contributed by atoms with Crippen LogP contribution in [-0.2, 0) is 11.2 Å². The maximum absolute atomic E-state index is 12.1. The quantitative estimate of drug-likeness (QED) is 0.230. The number of aliphatic hydroxyl groups excluding tert-OH is 1. The summed E-state index contributed by atoms with van der Waals surface area (Å²) in [4.78, 5) is 29.9. The highest BCUT2D eigenvalue weighted by Gasteiger charge is 2.16. The van der Waals surface area contributed by atoms with E-state index in [4.69, 9.17) is 21.4 Å². The minimum atomic E-state index is -1.48. The van der Waals surface area contributed by atoms with Crippen molar-refractivity contribution in [1.82, 2.24) is 9.97 Å². The molecule has 1 heterocycles. The molecule has 0 amide bonds. The highest BCUT2D eigenvalue weighted by atomic mass is 16.5. The Balaban J connectivity index is 2.03. The number of hydrogen-bond donors (Lipinski definition) is 6. The molecular weight excluding hydrogens is 402 g/mol. The summed E-state index contributed by atoms with van der Waals surface area (Å²) in [7, 11) is 0. The van der Waals surface area contributed by atoms with E-state index in [0.29, 0.717) is 23.5 Å². The Morgan fingerprint density at radius 1 is 1.26 bits per heavy atom. The Labute approximate surface area is 177 Å². The fraction of sp³-hybridized carbons (Fsp3) is 0.190. The van der Waals surface area contributed by atoms with E-state index in [9.17, 15) is 14.7 Å². The van der Waals surface area contributed by atoms with Gasteiger partial charge < -0.3 is 31.1 Å². The molecule has 1 unspecified atom stereocenters. The van der Waals surface area contributed by atoms with Gasteiger partial charge in [-0.3, -0.25) is 4.79 Å². The molecule has 162 valence electrons. The highest BCUT2D eigenvalue weighted by molar-refractivity contribution is 5.76. The number of nitrogens with two attached hydrogens (primary N) is 2. The molecule has 0 aliphatic rings. The predicted molar refractivity (Wildman–Crippen MR) is 116 cm³/mol. The molecule has 0 saturated carbocycles. The average Bonchev–Trinajstić information content (AvgIpc) is 2.76. The van der Waals surface area contributed by atoms with Crippen molar-refractivity contribution < 1.29 is 19.7 Å². The second-order valence-electron chi connectivity index (χ2n) is 6.72. The summed E-state index contributed by atoms with van der Waals surface area (Å²) in [6.07, 6.45) is -1.49. The number of aliphatic hydroxyl groups is 1. The number of aromatic amines is 1. The maximum Gasteiger partial charge on any atom is 0.332 e. The van der Waals surface area contributed by atoms with Crippen molar-refractivity contribution in [2.45, 2.75) is 19.4 Å². The molecule has 10 nitrogen and oxygen atoms in total. The number of ether oxygens (including phenoxy) is 1. The Morgan fingerprint density at radius 2 is 2.00 bits per heavy atom. The molecule has 10 heteroatoms. The van der Waals surface area contributed by atoms with Crippen molar-refractivity contribution in [2.75, 3.05) is 17.8 Å². The van der Waals surface area contributed by atoms with E-state index in [1.54, 1.807) is 30.3 Å². The summed E-state index contributed by atoms with van der Waals surface area (Å²) in [6.45, 7) is 2.21. The SMILES string of the molecule is CCOc1cc(-c2cccc(CC(O)C(=O)O)c2)ccc1-c1nc(NN)c(N)c(=O)[nH]1. The molecule has 8 N–H and O–H groups in total. The molecule has 0 bridgehead atoms. The Kier molecular flexibility index (Phi) is 6.53. The number of carboxylic acid groups (broad SMARTS) is 1. The Hall–Kier alpha value is -3.89. The molecule has 1 atom stereocenters. The van der Waals surface area contributed by atoms with Crippen LogP contribution in [-0.4, -0.2) is 38.9 Å². The first-order chi connectivity index (χ1) is 14.8. The molecular formula is C21H23N5O5. The third-order valence-electron chi connectivity index (χ3n) is 4.60. The van der Waals surface area contributed by atoms with E-state index in [1.807, 2.05) is 19.1 Å². The lowest BCUT2D eigenvalue weighted by atomic mass is 9.98. The number of rotatable bonds is 8. The molecule has 31 heavy (non-hydrogen) atoms. The first-order valence-corrected chi connectivity index (χ1v) is 9.47. The topological polar surface area (TPSA) is 177 Å². The van der Waals surface area contributed by atoms with Crippen LogP contribution < -0.4 is 27.3 Å². The van der Waals surface area contributed by atoms with Crippen LogP contribution in [0.4, 0.5) is 11.5 Å². The van der Waals surface area contributed by atoms with E-state index >= 15 is 0 Å². The summed E-state index contributed by atoms with van der Waals surface area (Å²) >= 11 is 0. The minimum Gasteiger partial charge on any atom is -0.493 e. The van der Waals surface area contributed by atoms with Crippen molar-refractivity contribution in [1.29, 1.82) is 0 Å². The van der Waals surface area contributed by atoms with Gasteiger partial charge in [-0.25, -0.2) is 15.6 Å². The van der Waals surface area contributed by atoms with Crippen LogP contribution in [0.25, 0.3) is 22.5 Å². The zero-order valence-electron chi connectivity index (χ0n) is 16.8. The van der Waals surface area contributed by atoms with Gasteiger partial charge in [-0.2, -0.15) is 0 Å². The lowest BCUT2D eigenvalue weighted by Crippen LogP contribution is -2.21. The van der Waals surface area contributed by atoms with Crippen LogP contribution >= 0.6 is 0 Å². The van der Waals surface area contributed by atoms with Crippen LogP contribution in [0.2, 0.25) is 0 Å². The lowest BCUT2D eigenvalue weighted by molar-refractivity contribution is -0.146. The van der Waals surface area contributed by atoms with Gasteiger partial charge >= 0.3 is 5.97 Å². The summed E-state index contributed by atoms with van der Waals surface area (Å²) in [5.74, 6) is 4.89. The summed E-state index contributed by atoms with van der Waals surface area (Å²) in [5, 5.41) is 18.5. The number of benzene rings is 2. The van der Waals surface area contributed by atoms with Gasteiger partial charge in [0.05, 0.1) is 12.2 Å².